The lowest BCUT2D eigenvalue weighted by molar-refractivity contribution is -0.137. The van der Waals surface area contributed by atoms with E-state index in [0.717, 1.165) is 41.7 Å². The fraction of sp³-hybridized carbons (Fsp3) is 0.318. The zero-order valence-corrected chi connectivity index (χ0v) is 15.7. The van der Waals surface area contributed by atoms with Gasteiger partial charge in [0.15, 0.2) is 5.65 Å². The molecular formula is C22H22N4O2. The van der Waals surface area contributed by atoms with Crippen molar-refractivity contribution in [2.45, 2.75) is 31.7 Å². The number of aromatic amines is 1. The van der Waals surface area contributed by atoms with E-state index in [1.165, 1.54) is 6.08 Å². The van der Waals surface area contributed by atoms with Crippen molar-refractivity contribution in [1.82, 2.24) is 20.1 Å². The summed E-state index contributed by atoms with van der Waals surface area (Å²) >= 11 is 0. The van der Waals surface area contributed by atoms with Crippen LogP contribution in [0.2, 0.25) is 0 Å². The molecule has 1 saturated heterocycles. The first-order valence-electron chi connectivity index (χ1n) is 9.65. The topological polar surface area (TPSA) is 82.1 Å². The van der Waals surface area contributed by atoms with Crippen molar-refractivity contribution < 1.29 is 9.90 Å². The van der Waals surface area contributed by atoms with Gasteiger partial charge in [-0.15, -0.1) is 10.2 Å². The van der Waals surface area contributed by atoms with Crippen molar-refractivity contribution >= 4 is 16.9 Å². The number of amides is 1. The summed E-state index contributed by atoms with van der Waals surface area (Å²) in [5, 5.41) is 19.8. The number of likely N-dealkylation sites (tertiary alicyclic amines) is 1. The number of aromatic hydroxyl groups is 1. The van der Waals surface area contributed by atoms with Crippen molar-refractivity contribution in [2.24, 2.45) is 5.92 Å². The van der Waals surface area contributed by atoms with Gasteiger partial charge in [-0.2, -0.15) is 0 Å². The normalized spacial score (nSPS) is 23.5. The number of nitrogens with zero attached hydrogens (tertiary/aromatic N) is 3. The van der Waals surface area contributed by atoms with Gasteiger partial charge in [0, 0.05) is 35.1 Å². The molecule has 1 aromatic carbocycles. The standard InChI is InChI=1S/C22H22N4O2/c1-3-19(28)26-11-13-8-9-15(21(13)26)20-12(2)16-10-17(24-25-22(16)23-20)14-6-4-5-7-18(14)27/h3-7,10,13,15,21,27H,1,8-9,11H2,2H3,(H,23,25). The second-order valence-corrected chi connectivity index (χ2v) is 7.80. The van der Waals surface area contributed by atoms with E-state index in [4.69, 9.17) is 0 Å². The molecule has 2 N–H and O–H groups in total. The van der Waals surface area contributed by atoms with Gasteiger partial charge < -0.3 is 15.0 Å². The summed E-state index contributed by atoms with van der Waals surface area (Å²) in [6.07, 6.45) is 3.61. The molecule has 1 aliphatic heterocycles. The quantitative estimate of drug-likeness (QED) is 0.687. The molecule has 1 amide bonds. The lowest BCUT2D eigenvalue weighted by atomic mass is 9.84. The van der Waals surface area contributed by atoms with Gasteiger partial charge >= 0.3 is 0 Å². The maximum absolute atomic E-state index is 12.2. The lowest BCUT2D eigenvalue weighted by Crippen LogP contribution is -2.57. The van der Waals surface area contributed by atoms with Gasteiger partial charge in [-0.25, -0.2) is 0 Å². The first kappa shape index (κ1) is 17.0. The van der Waals surface area contributed by atoms with Gasteiger partial charge in [0.2, 0.25) is 5.91 Å². The number of H-pyrrole nitrogens is 1. The highest BCUT2D eigenvalue weighted by Gasteiger charge is 2.50. The van der Waals surface area contributed by atoms with Crippen LogP contribution in [0.1, 0.15) is 30.0 Å². The van der Waals surface area contributed by atoms with Crippen LogP contribution in [0, 0.1) is 12.8 Å². The van der Waals surface area contributed by atoms with Crippen molar-refractivity contribution in [3.05, 3.63) is 54.2 Å². The number of phenolic OH excluding ortho intramolecular Hbond substituents is 1. The van der Waals surface area contributed by atoms with Gasteiger partial charge in [-0.3, -0.25) is 4.79 Å². The summed E-state index contributed by atoms with van der Waals surface area (Å²) in [5.41, 5.74) is 4.35. The van der Waals surface area contributed by atoms with E-state index in [9.17, 15) is 9.90 Å². The van der Waals surface area contributed by atoms with Crippen LogP contribution in [0.3, 0.4) is 0 Å². The maximum Gasteiger partial charge on any atom is 0.246 e. The Morgan fingerprint density at radius 2 is 2.14 bits per heavy atom. The van der Waals surface area contributed by atoms with Crippen LogP contribution in [-0.2, 0) is 4.79 Å². The Morgan fingerprint density at radius 3 is 2.93 bits per heavy atom. The molecule has 2 fully saturated rings. The number of carbonyl (C=O) groups excluding carboxylic acids is 1. The van der Waals surface area contributed by atoms with Crippen LogP contribution in [0.15, 0.2) is 43.0 Å². The molecule has 3 unspecified atom stereocenters. The number of rotatable bonds is 3. The Bertz CT molecular complexity index is 1100. The number of para-hydroxylation sites is 1. The highest BCUT2D eigenvalue weighted by Crippen LogP contribution is 2.49. The minimum Gasteiger partial charge on any atom is -0.507 e. The molecule has 2 aliphatic rings. The van der Waals surface area contributed by atoms with Crippen molar-refractivity contribution in [3.63, 3.8) is 0 Å². The summed E-state index contributed by atoms with van der Waals surface area (Å²) in [4.78, 5) is 17.6. The predicted octanol–water partition coefficient (Wildman–Crippen LogP) is 3.53. The highest BCUT2D eigenvalue weighted by molar-refractivity contribution is 5.88. The Balaban J connectivity index is 1.55. The van der Waals surface area contributed by atoms with Gasteiger partial charge in [-0.1, -0.05) is 18.7 Å². The molecule has 2 aromatic heterocycles. The van der Waals surface area contributed by atoms with Crippen molar-refractivity contribution in [2.75, 3.05) is 6.54 Å². The molecule has 5 rings (SSSR count). The third-order valence-corrected chi connectivity index (χ3v) is 6.40. The number of nitrogens with one attached hydrogen (secondary N) is 1. The van der Waals surface area contributed by atoms with E-state index in [1.807, 2.05) is 23.1 Å². The Labute approximate surface area is 162 Å². The first-order valence-corrected chi connectivity index (χ1v) is 9.65. The summed E-state index contributed by atoms with van der Waals surface area (Å²) in [6.45, 7) is 6.56. The second kappa shape index (κ2) is 6.19. The molecule has 6 nitrogen and oxygen atoms in total. The monoisotopic (exact) mass is 374 g/mol. The molecule has 1 saturated carbocycles. The van der Waals surface area contributed by atoms with Crippen LogP contribution in [0.25, 0.3) is 22.3 Å². The molecule has 3 aromatic rings. The van der Waals surface area contributed by atoms with Crippen LogP contribution in [0.5, 0.6) is 5.75 Å². The molecule has 0 bridgehead atoms. The van der Waals surface area contributed by atoms with Gasteiger partial charge in [0.25, 0.3) is 0 Å². The number of carbonyl (C=O) groups is 1. The third kappa shape index (κ3) is 2.37. The van der Waals surface area contributed by atoms with Crippen LogP contribution >= 0.6 is 0 Å². The molecule has 0 spiro atoms. The number of benzene rings is 1. The SMILES string of the molecule is C=CC(=O)N1CC2CCC(c3[nH]c4nnc(-c5ccccc5O)cc4c3C)C21. The Kier molecular flexibility index (Phi) is 3.75. The Hall–Kier alpha value is -3.15. The van der Waals surface area contributed by atoms with Crippen LogP contribution < -0.4 is 0 Å². The largest absolute Gasteiger partial charge is 0.507 e. The molecule has 1 aliphatic carbocycles. The summed E-state index contributed by atoms with van der Waals surface area (Å²) in [6, 6.07) is 9.36. The molecule has 28 heavy (non-hydrogen) atoms. The second-order valence-electron chi connectivity index (χ2n) is 7.80. The zero-order valence-electron chi connectivity index (χ0n) is 15.7. The number of fused-ring (bicyclic) bond motifs is 2. The minimum absolute atomic E-state index is 0.0172. The summed E-state index contributed by atoms with van der Waals surface area (Å²) in [5.74, 6) is 1.06. The summed E-state index contributed by atoms with van der Waals surface area (Å²) in [7, 11) is 0. The van der Waals surface area contributed by atoms with Gasteiger partial charge in [-0.05, 0) is 55.5 Å². The van der Waals surface area contributed by atoms with E-state index in [-0.39, 0.29) is 23.6 Å². The van der Waals surface area contributed by atoms with Crippen LogP contribution in [0.4, 0.5) is 0 Å². The number of phenols is 1. The average molecular weight is 374 g/mol. The van der Waals surface area contributed by atoms with E-state index in [0.29, 0.717) is 17.2 Å². The molecule has 3 heterocycles. The number of hydrogen-bond acceptors (Lipinski definition) is 4. The van der Waals surface area contributed by atoms with E-state index in [2.05, 4.69) is 28.7 Å². The smallest absolute Gasteiger partial charge is 0.246 e. The van der Waals surface area contributed by atoms with Crippen LogP contribution in [-0.4, -0.2) is 43.7 Å². The van der Waals surface area contributed by atoms with Gasteiger partial charge in [0.1, 0.15) is 5.75 Å². The first-order chi connectivity index (χ1) is 13.6. The summed E-state index contributed by atoms with van der Waals surface area (Å²) < 4.78 is 0. The molecule has 142 valence electrons. The molecule has 0 radical (unpaired) electrons. The fourth-order valence-electron chi connectivity index (χ4n) is 4.97. The highest BCUT2D eigenvalue weighted by atomic mass is 16.3. The predicted molar refractivity (Wildman–Crippen MR) is 107 cm³/mol. The van der Waals surface area contributed by atoms with Crippen molar-refractivity contribution in [3.8, 4) is 17.0 Å². The van der Waals surface area contributed by atoms with E-state index in [1.54, 1.807) is 12.1 Å². The minimum atomic E-state index is 0.0172. The van der Waals surface area contributed by atoms with E-state index >= 15 is 0 Å². The molecule has 6 heteroatoms. The molecule has 3 atom stereocenters. The maximum atomic E-state index is 12.2. The average Bonchev–Trinajstić information content (AvgIpc) is 3.18. The molecular weight excluding hydrogens is 352 g/mol. The fourth-order valence-corrected chi connectivity index (χ4v) is 4.97. The van der Waals surface area contributed by atoms with Crippen molar-refractivity contribution in [1.29, 1.82) is 0 Å². The number of aromatic nitrogens is 3. The van der Waals surface area contributed by atoms with Gasteiger partial charge in [0.05, 0.1) is 5.69 Å². The Morgan fingerprint density at radius 1 is 1.32 bits per heavy atom. The zero-order chi connectivity index (χ0) is 19.4. The number of hydrogen-bond donors (Lipinski definition) is 2. The van der Waals surface area contributed by atoms with E-state index < -0.39 is 0 Å². The third-order valence-electron chi connectivity index (χ3n) is 6.40. The lowest BCUT2D eigenvalue weighted by Gasteiger charge is -2.46. The number of aryl methyl sites for hydroxylation is 1.